The molecule has 2 aromatic carbocycles. The van der Waals surface area contributed by atoms with Gasteiger partial charge >= 0.3 is 5.97 Å². The summed E-state index contributed by atoms with van der Waals surface area (Å²) in [5.41, 5.74) is 2.64. The third-order valence-electron chi connectivity index (χ3n) is 3.96. The van der Waals surface area contributed by atoms with Crippen LogP contribution in [-0.4, -0.2) is 21.0 Å². The van der Waals surface area contributed by atoms with Crippen LogP contribution >= 0.6 is 0 Å². The number of nitriles is 3. The molecular weight excluding hydrogens is 356 g/mol. The van der Waals surface area contributed by atoms with E-state index in [4.69, 9.17) is 20.9 Å². The molecule has 0 aliphatic rings. The lowest BCUT2D eigenvalue weighted by molar-refractivity contribution is 0.0697. The molecule has 0 aliphatic carbocycles. The fourth-order valence-electron chi connectivity index (χ4n) is 2.61. The molecule has 1 aromatic heterocycles. The maximum Gasteiger partial charge on any atom is 0.335 e. The molecule has 134 valence electrons. The topological polar surface area (TPSA) is 149 Å². The molecule has 0 saturated heterocycles. The summed E-state index contributed by atoms with van der Waals surface area (Å²) in [6.07, 6.45) is 0.500. The van der Waals surface area contributed by atoms with Crippen LogP contribution in [0.4, 0.5) is 5.69 Å². The largest absolute Gasteiger partial charge is 0.478 e. The Morgan fingerprint density at radius 3 is 2.39 bits per heavy atom. The standard InChI is InChI=1S/C20H12N6O2/c21-9-14(10-22)18(11-23)24-15-4-1-12(2-5-15)7-19-25-16-6-3-13(20(27)28)8-17(16)26-19/h1-6,8,24H,7H2,(H,25,26)(H,27,28). The van der Waals surface area contributed by atoms with E-state index in [0.29, 0.717) is 29.0 Å². The summed E-state index contributed by atoms with van der Waals surface area (Å²) < 4.78 is 0. The van der Waals surface area contributed by atoms with Crippen molar-refractivity contribution in [2.45, 2.75) is 6.42 Å². The summed E-state index contributed by atoms with van der Waals surface area (Å²) in [4.78, 5) is 18.6. The number of carboxylic acid groups (broad SMARTS) is 1. The number of hydrogen-bond donors (Lipinski definition) is 3. The number of imidazole rings is 1. The van der Waals surface area contributed by atoms with Crippen molar-refractivity contribution < 1.29 is 9.90 Å². The van der Waals surface area contributed by atoms with Crippen molar-refractivity contribution in [2.24, 2.45) is 0 Å². The number of carboxylic acids is 1. The lowest BCUT2D eigenvalue weighted by Crippen LogP contribution is -2.00. The van der Waals surface area contributed by atoms with E-state index in [1.165, 1.54) is 6.07 Å². The molecule has 3 N–H and O–H groups in total. The molecule has 8 heteroatoms. The second-order valence-electron chi connectivity index (χ2n) is 5.80. The molecule has 3 aromatic rings. The van der Waals surface area contributed by atoms with E-state index < -0.39 is 5.97 Å². The Bertz CT molecular complexity index is 1200. The van der Waals surface area contributed by atoms with E-state index in [0.717, 1.165) is 5.56 Å². The zero-order chi connectivity index (χ0) is 20.1. The number of aromatic amines is 1. The number of aromatic nitrogens is 2. The fourth-order valence-corrected chi connectivity index (χ4v) is 2.61. The van der Waals surface area contributed by atoms with Crippen LogP contribution in [0.25, 0.3) is 11.0 Å². The minimum Gasteiger partial charge on any atom is -0.478 e. The Morgan fingerprint density at radius 2 is 1.79 bits per heavy atom. The molecule has 0 spiro atoms. The Morgan fingerprint density at radius 1 is 1.07 bits per heavy atom. The number of nitrogens with zero attached hydrogens (tertiary/aromatic N) is 4. The van der Waals surface area contributed by atoms with Crippen molar-refractivity contribution in [3.8, 4) is 18.2 Å². The highest BCUT2D eigenvalue weighted by Gasteiger charge is 2.09. The number of anilines is 1. The van der Waals surface area contributed by atoms with E-state index in [1.807, 2.05) is 12.1 Å². The molecule has 3 rings (SSSR count). The van der Waals surface area contributed by atoms with Gasteiger partial charge in [0.25, 0.3) is 0 Å². The average molecular weight is 368 g/mol. The quantitative estimate of drug-likeness (QED) is 0.586. The van der Waals surface area contributed by atoms with E-state index in [1.54, 1.807) is 42.5 Å². The molecular formula is C20H12N6O2. The van der Waals surface area contributed by atoms with Crippen LogP contribution in [0.15, 0.2) is 53.7 Å². The van der Waals surface area contributed by atoms with Gasteiger partial charge in [0.05, 0.1) is 16.6 Å². The number of H-pyrrole nitrogens is 1. The molecule has 0 bridgehead atoms. The SMILES string of the molecule is N#CC(C#N)=C(C#N)Nc1ccc(Cc2nc3ccc(C(=O)O)cc3[nH]2)cc1. The van der Waals surface area contributed by atoms with Crippen LogP contribution in [0.1, 0.15) is 21.7 Å². The maximum absolute atomic E-state index is 11.1. The van der Waals surface area contributed by atoms with Gasteiger partial charge in [0.1, 0.15) is 29.7 Å². The van der Waals surface area contributed by atoms with Crippen LogP contribution in [0.3, 0.4) is 0 Å². The monoisotopic (exact) mass is 368 g/mol. The number of hydrogen-bond acceptors (Lipinski definition) is 6. The van der Waals surface area contributed by atoms with Gasteiger partial charge in [-0.15, -0.1) is 0 Å². The number of fused-ring (bicyclic) bond motifs is 1. The number of nitrogens with one attached hydrogen (secondary N) is 2. The summed E-state index contributed by atoms with van der Waals surface area (Å²) in [6, 6.07) is 17.0. The number of carbonyl (C=O) groups is 1. The van der Waals surface area contributed by atoms with Gasteiger partial charge in [-0.05, 0) is 35.9 Å². The van der Waals surface area contributed by atoms with Gasteiger partial charge in [-0.1, -0.05) is 12.1 Å². The van der Waals surface area contributed by atoms with Gasteiger partial charge in [-0.2, -0.15) is 15.8 Å². The number of benzene rings is 2. The van der Waals surface area contributed by atoms with Gasteiger partial charge in [-0.3, -0.25) is 0 Å². The zero-order valence-electron chi connectivity index (χ0n) is 14.4. The van der Waals surface area contributed by atoms with E-state index in [2.05, 4.69) is 15.3 Å². The van der Waals surface area contributed by atoms with E-state index in [9.17, 15) is 4.79 Å². The predicted molar refractivity (Wildman–Crippen MR) is 99.8 cm³/mol. The first kappa shape index (κ1) is 18.2. The van der Waals surface area contributed by atoms with Crippen LogP contribution in [-0.2, 0) is 6.42 Å². The predicted octanol–water partition coefficient (Wildman–Crippen LogP) is 3.09. The fraction of sp³-hybridized carbons (Fsp3) is 0.0500. The average Bonchev–Trinajstić information content (AvgIpc) is 3.10. The maximum atomic E-state index is 11.1. The van der Waals surface area contributed by atoms with E-state index in [-0.39, 0.29) is 16.8 Å². The van der Waals surface area contributed by atoms with Gasteiger partial charge in [0.15, 0.2) is 5.57 Å². The third-order valence-corrected chi connectivity index (χ3v) is 3.96. The lowest BCUT2D eigenvalue weighted by atomic mass is 10.1. The Kier molecular flexibility index (Phi) is 5.03. The summed E-state index contributed by atoms with van der Waals surface area (Å²) in [5.74, 6) is -0.310. The summed E-state index contributed by atoms with van der Waals surface area (Å²) >= 11 is 0. The number of aromatic carboxylic acids is 1. The van der Waals surface area contributed by atoms with Gasteiger partial charge in [0, 0.05) is 12.1 Å². The molecule has 28 heavy (non-hydrogen) atoms. The first-order valence-corrected chi connectivity index (χ1v) is 8.06. The van der Waals surface area contributed by atoms with Gasteiger partial charge < -0.3 is 15.4 Å². The summed E-state index contributed by atoms with van der Waals surface area (Å²) in [5, 5.41) is 38.6. The van der Waals surface area contributed by atoms with Crippen molar-refractivity contribution in [3.05, 3.63) is 70.7 Å². The first-order valence-electron chi connectivity index (χ1n) is 8.06. The van der Waals surface area contributed by atoms with Crippen molar-refractivity contribution in [1.82, 2.24) is 9.97 Å². The smallest absolute Gasteiger partial charge is 0.335 e. The van der Waals surface area contributed by atoms with Crippen LogP contribution in [0.5, 0.6) is 0 Å². The second kappa shape index (κ2) is 7.74. The highest BCUT2D eigenvalue weighted by atomic mass is 16.4. The highest BCUT2D eigenvalue weighted by molar-refractivity contribution is 5.92. The number of allylic oxidation sites excluding steroid dienone is 2. The molecule has 8 nitrogen and oxygen atoms in total. The minimum atomic E-state index is -0.997. The van der Waals surface area contributed by atoms with Gasteiger partial charge in [-0.25, -0.2) is 9.78 Å². The summed E-state index contributed by atoms with van der Waals surface area (Å²) in [6.45, 7) is 0. The molecule has 0 radical (unpaired) electrons. The third kappa shape index (κ3) is 3.80. The molecule has 0 saturated carbocycles. The molecule has 1 heterocycles. The molecule has 0 fully saturated rings. The minimum absolute atomic E-state index is 0.107. The van der Waals surface area contributed by atoms with Crippen LogP contribution < -0.4 is 5.32 Å². The second-order valence-corrected chi connectivity index (χ2v) is 5.80. The molecule has 0 atom stereocenters. The summed E-state index contributed by atoms with van der Waals surface area (Å²) in [7, 11) is 0. The van der Waals surface area contributed by atoms with Gasteiger partial charge in [0.2, 0.25) is 0 Å². The number of rotatable bonds is 5. The van der Waals surface area contributed by atoms with Crippen molar-refractivity contribution in [1.29, 1.82) is 15.8 Å². The first-order chi connectivity index (χ1) is 13.5. The van der Waals surface area contributed by atoms with Crippen molar-refractivity contribution >= 4 is 22.7 Å². The normalized spacial score (nSPS) is 9.75. The highest BCUT2D eigenvalue weighted by Crippen LogP contribution is 2.18. The van der Waals surface area contributed by atoms with Crippen molar-refractivity contribution in [2.75, 3.05) is 5.32 Å². The Hall–Kier alpha value is -4.61. The van der Waals surface area contributed by atoms with E-state index >= 15 is 0 Å². The molecule has 0 unspecified atom stereocenters. The Balaban J connectivity index is 1.78. The molecule has 0 aliphatic heterocycles. The Labute approximate surface area is 159 Å². The lowest BCUT2D eigenvalue weighted by Gasteiger charge is -2.05. The van der Waals surface area contributed by atoms with Crippen molar-refractivity contribution in [3.63, 3.8) is 0 Å². The van der Waals surface area contributed by atoms with Crippen LogP contribution in [0, 0.1) is 34.0 Å². The van der Waals surface area contributed by atoms with Crippen LogP contribution in [0.2, 0.25) is 0 Å². The molecule has 0 amide bonds. The zero-order valence-corrected chi connectivity index (χ0v) is 14.4.